The number of aryl methyl sites for hydroxylation is 1. The molecule has 3 rings (SSSR count). The van der Waals surface area contributed by atoms with Crippen LogP contribution in [0.4, 0.5) is 13.9 Å². The fourth-order valence-corrected chi connectivity index (χ4v) is 3.77. The van der Waals surface area contributed by atoms with E-state index >= 15 is 0 Å². The molecule has 0 atom stereocenters. The molecule has 0 saturated carbocycles. The molecule has 0 unspecified atom stereocenters. The van der Waals surface area contributed by atoms with Gasteiger partial charge in [-0.15, -0.1) is 17.9 Å². The van der Waals surface area contributed by atoms with Crippen molar-refractivity contribution < 1.29 is 18.3 Å². The van der Waals surface area contributed by atoms with Gasteiger partial charge in [0, 0.05) is 40.5 Å². The van der Waals surface area contributed by atoms with Gasteiger partial charge >= 0.3 is 6.61 Å². The largest absolute Gasteiger partial charge is 0.434 e. The molecular formula is C22H21F2N3O2S. The first-order valence-corrected chi connectivity index (χ1v) is 10.0. The van der Waals surface area contributed by atoms with Crippen LogP contribution in [-0.2, 0) is 11.3 Å². The molecule has 30 heavy (non-hydrogen) atoms. The Kier molecular flexibility index (Phi) is 6.79. The zero-order valence-corrected chi connectivity index (χ0v) is 17.4. The van der Waals surface area contributed by atoms with Crippen molar-refractivity contribution in [3.05, 3.63) is 71.4 Å². The molecular weight excluding hydrogens is 408 g/mol. The third-order valence-corrected chi connectivity index (χ3v) is 5.20. The minimum absolute atomic E-state index is 0.00275. The number of allylic oxidation sites excluding steroid dienone is 1. The first kappa shape index (κ1) is 21.4. The Hall–Kier alpha value is -3.26. The van der Waals surface area contributed by atoms with E-state index in [9.17, 15) is 13.6 Å². The number of rotatable bonds is 8. The van der Waals surface area contributed by atoms with Crippen LogP contribution in [0, 0.1) is 13.8 Å². The Balaban J connectivity index is 1.71. The molecule has 2 heterocycles. The van der Waals surface area contributed by atoms with E-state index in [1.165, 1.54) is 29.6 Å². The molecule has 0 aliphatic carbocycles. The second-order valence-electron chi connectivity index (χ2n) is 6.46. The lowest BCUT2D eigenvalue weighted by Crippen LogP contribution is -2.07. The molecule has 3 aromatic rings. The fraction of sp³-hybridized carbons (Fsp3) is 0.182. The number of hydrogen-bond acceptors (Lipinski definition) is 4. The van der Waals surface area contributed by atoms with Crippen molar-refractivity contribution in [2.24, 2.45) is 0 Å². The van der Waals surface area contributed by atoms with Gasteiger partial charge in [-0.2, -0.15) is 8.78 Å². The Morgan fingerprint density at radius 2 is 2.13 bits per heavy atom. The standard InChI is InChI=1S/C22H21F2N3O2S/c1-4-11-27-14(2)12-17(15(27)3)18-13-30-22(25-18)26-20(28)10-9-16-7-5-6-8-19(16)29-21(23)24/h4-10,12-13,21H,1,11H2,2-3H3,(H,25,26,28)/b10-9+. The van der Waals surface area contributed by atoms with Crippen LogP contribution >= 0.6 is 11.3 Å². The zero-order valence-electron chi connectivity index (χ0n) is 16.6. The van der Waals surface area contributed by atoms with Gasteiger partial charge in [-0.3, -0.25) is 10.1 Å². The summed E-state index contributed by atoms with van der Waals surface area (Å²) >= 11 is 1.31. The molecule has 0 spiro atoms. The molecule has 2 aromatic heterocycles. The highest BCUT2D eigenvalue weighted by Crippen LogP contribution is 2.30. The second kappa shape index (κ2) is 9.49. The molecule has 0 fully saturated rings. The molecule has 0 aliphatic heterocycles. The van der Waals surface area contributed by atoms with Crippen LogP contribution in [0.3, 0.4) is 0 Å². The van der Waals surface area contributed by atoms with Crippen LogP contribution in [0.2, 0.25) is 0 Å². The number of anilines is 1. The zero-order chi connectivity index (χ0) is 21.7. The number of thiazole rings is 1. The number of amides is 1. The van der Waals surface area contributed by atoms with E-state index in [2.05, 4.69) is 32.3 Å². The monoisotopic (exact) mass is 429 g/mol. The topological polar surface area (TPSA) is 56.2 Å². The van der Waals surface area contributed by atoms with E-state index in [4.69, 9.17) is 0 Å². The summed E-state index contributed by atoms with van der Waals surface area (Å²) in [6.07, 6.45) is 4.52. The quantitative estimate of drug-likeness (QED) is 0.371. The summed E-state index contributed by atoms with van der Waals surface area (Å²) < 4.78 is 31.6. The number of para-hydroxylation sites is 1. The van der Waals surface area contributed by atoms with E-state index in [1.807, 2.05) is 25.3 Å². The number of alkyl halides is 2. The summed E-state index contributed by atoms with van der Waals surface area (Å²) in [5.74, 6) is -0.414. The number of carbonyl (C=O) groups is 1. The van der Waals surface area contributed by atoms with Crippen molar-refractivity contribution in [1.82, 2.24) is 9.55 Å². The summed E-state index contributed by atoms with van der Waals surface area (Å²) in [7, 11) is 0. The van der Waals surface area contributed by atoms with Gasteiger partial charge in [0.15, 0.2) is 5.13 Å². The van der Waals surface area contributed by atoms with Gasteiger partial charge in [0.2, 0.25) is 5.91 Å². The lowest BCUT2D eigenvalue weighted by atomic mass is 10.2. The van der Waals surface area contributed by atoms with E-state index in [0.29, 0.717) is 17.2 Å². The van der Waals surface area contributed by atoms with Crippen LogP contribution in [0.15, 0.2) is 54.4 Å². The number of aromatic nitrogens is 2. The van der Waals surface area contributed by atoms with Crippen LogP contribution in [-0.4, -0.2) is 22.1 Å². The Morgan fingerprint density at radius 1 is 1.37 bits per heavy atom. The molecule has 156 valence electrons. The molecule has 0 radical (unpaired) electrons. The smallest absolute Gasteiger partial charge is 0.387 e. The number of benzene rings is 1. The van der Waals surface area contributed by atoms with Crippen molar-refractivity contribution in [3.63, 3.8) is 0 Å². The number of ether oxygens (including phenoxy) is 1. The highest BCUT2D eigenvalue weighted by Gasteiger charge is 2.14. The van der Waals surface area contributed by atoms with Crippen molar-refractivity contribution in [3.8, 4) is 17.0 Å². The summed E-state index contributed by atoms with van der Waals surface area (Å²) in [4.78, 5) is 16.7. The minimum Gasteiger partial charge on any atom is -0.434 e. The average molecular weight is 429 g/mol. The molecule has 0 aliphatic rings. The van der Waals surface area contributed by atoms with Gasteiger partial charge in [-0.25, -0.2) is 4.98 Å². The molecule has 0 saturated heterocycles. The van der Waals surface area contributed by atoms with E-state index < -0.39 is 12.5 Å². The molecule has 1 amide bonds. The Morgan fingerprint density at radius 3 is 2.87 bits per heavy atom. The van der Waals surface area contributed by atoms with Gasteiger partial charge in [-0.1, -0.05) is 24.3 Å². The van der Waals surface area contributed by atoms with E-state index in [-0.39, 0.29) is 5.75 Å². The third kappa shape index (κ3) is 5.01. The van der Waals surface area contributed by atoms with Gasteiger partial charge < -0.3 is 9.30 Å². The minimum atomic E-state index is -2.93. The molecule has 8 heteroatoms. The second-order valence-corrected chi connectivity index (χ2v) is 7.32. The van der Waals surface area contributed by atoms with Crippen LogP contribution in [0.5, 0.6) is 5.75 Å². The van der Waals surface area contributed by atoms with Crippen LogP contribution in [0.1, 0.15) is 17.0 Å². The molecule has 1 N–H and O–H groups in total. The maximum atomic E-state index is 12.5. The van der Waals surface area contributed by atoms with Gasteiger partial charge in [0.1, 0.15) is 5.75 Å². The highest BCUT2D eigenvalue weighted by molar-refractivity contribution is 7.14. The van der Waals surface area contributed by atoms with E-state index in [1.54, 1.807) is 18.2 Å². The third-order valence-electron chi connectivity index (χ3n) is 4.44. The van der Waals surface area contributed by atoms with Crippen LogP contribution < -0.4 is 10.1 Å². The van der Waals surface area contributed by atoms with Crippen molar-refractivity contribution >= 4 is 28.5 Å². The summed E-state index contributed by atoms with van der Waals surface area (Å²) in [5.41, 5.74) is 4.33. The normalized spacial score (nSPS) is 11.2. The number of nitrogens with zero attached hydrogens (tertiary/aromatic N) is 2. The number of carbonyl (C=O) groups excluding carboxylic acids is 1. The number of halogens is 2. The van der Waals surface area contributed by atoms with Crippen molar-refractivity contribution in [1.29, 1.82) is 0 Å². The lowest BCUT2D eigenvalue weighted by molar-refractivity contribution is -0.111. The Labute approximate surface area is 177 Å². The molecule has 5 nitrogen and oxygen atoms in total. The van der Waals surface area contributed by atoms with Crippen molar-refractivity contribution in [2.45, 2.75) is 27.0 Å². The summed E-state index contributed by atoms with van der Waals surface area (Å²) in [6.45, 7) is 5.61. The first-order chi connectivity index (χ1) is 14.4. The molecule has 0 bridgehead atoms. The van der Waals surface area contributed by atoms with Gasteiger partial charge in [-0.05, 0) is 32.1 Å². The van der Waals surface area contributed by atoms with E-state index in [0.717, 1.165) is 22.6 Å². The maximum Gasteiger partial charge on any atom is 0.387 e. The lowest BCUT2D eigenvalue weighted by Gasteiger charge is -2.07. The average Bonchev–Trinajstić information content (AvgIpc) is 3.26. The number of hydrogen-bond donors (Lipinski definition) is 1. The highest BCUT2D eigenvalue weighted by atomic mass is 32.1. The summed E-state index contributed by atoms with van der Waals surface area (Å²) in [5, 5.41) is 5.03. The SMILES string of the molecule is C=CCn1c(C)cc(-c2csc(NC(=O)/C=C/c3ccccc3OC(F)F)n2)c1C. The van der Waals surface area contributed by atoms with Gasteiger partial charge in [0.05, 0.1) is 5.69 Å². The predicted octanol–water partition coefficient (Wildman–Crippen LogP) is 5.67. The maximum absolute atomic E-state index is 12.5. The first-order valence-electron chi connectivity index (χ1n) is 9.15. The Bertz CT molecular complexity index is 1090. The molecule has 1 aromatic carbocycles. The van der Waals surface area contributed by atoms with Gasteiger partial charge in [0.25, 0.3) is 0 Å². The summed E-state index contributed by atoms with van der Waals surface area (Å²) in [6, 6.07) is 8.31. The van der Waals surface area contributed by atoms with Crippen molar-refractivity contribution in [2.75, 3.05) is 5.32 Å². The van der Waals surface area contributed by atoms with Crippen LogP contribution in [0.25, 0.3) is 17.3 Å². The number of nitrogens with one attached hydrogen (secondary N) is 1. The fourth-order valence-electron chi connectivity index (χ4n) is 3.06. The predicted molar refractivity (Wildman–Crippen MR) is 116 cm³/mol.